The van der Waals surface area contributed by atoms with Crippen molar-refractivity contribution in [2.45, 2.75) is 13.0 Å². The van der Waals surface area contributed by atoms with E-state index in [-0.39, 0.29) is 6.61 Å². The number of halogens is 2. The molecular weight excluding hydrogens is 354 g/mol. The van der Waals surface area contributed by atoms with Gasteiger partial charge in [-0.3, -0.25) is 0 Å². The Kier molecular flexibility index (Phi) is 6.08. The standard InChI is InChI=1S/C16H15BrClNO2/c17-15-7-6-14(18)10-13(15)8-9-19-16(20)21-11-12-4-2-1-3-5-12/h1-7,10H,8-9,11H2,(H,19,20). The second kappa shape index (κ2) is 8.05. The predicted octanol–water partition coefficient (Wildman–Crippen LogP) is 4.57. The summed E-state index contributed by atoms with van der Waals surface area (Å²) in [5.41, 5.74) is 2.01. The lowest BCUT2D eigenvalue weighted by Crippen LogP contribution is -2.26. The number of hydrogen-bond acceptors (Lipinski definition) is 2. The average molecular weight is 369 g/mol. The Labute approximate surface area is 137 Å². The minimum atomic E-state index is -0.419. The van der Waals surface area contributed by atoms with Crippen molar-refractivity contribution in [1.29, 1.82) is 0 Å². The van der Waals surface area contributed by atoms with Gasteiger partial charge in [0.1, 0.15) is 6.61 Å². The van der Waals surface area contributed by atoms with Gasteiger partial charge in [-0.15, -0.1) is 0 Å². The quantitative estimate of drug-likeness (QED) is 0.839. The lowest BCUT2D eigenvalue weighted by atomic mass is 10.1. The Balaban J connectivity index is 1.73. The van der Waals surface area contributed by atoms with Gasteiger partial charge in [-0.25, -0.2) is 4.79 Å². The maximum Gasteiger partial charge on any atom is 0.407 e. The van der Waals surface area contributed by atoms with Gasteiger partial charge in [-0.2, -0.15) is 0 Å². The van der Waals surface area contributed by atoms with E-state index in [0.717, 1.165) is 15.6 Å². The van der Waals surface area contributed by atoms with Crippen molar-refractivity contribution in [2.75, 3.05) is 6.54 Å². The topological polar surface area (TPSA) is 38.3 Å². The number of amides is 1. The zero-order valence-electron chi connectivity index (χ0n) is 11.3. The smallest absolute Gasteiger partial charge is 0.407 e. The van der Waals surface area contributed by atoms with E-state index in [1.54, 1.807) is 0 Å². The van der Waals surface area contributed by atoms with E-state index in [1.807, 2.05) is 48.5 Å². The van der Waals surface area contributed by atoms with Crippen LogP contribution in [0.15, 0.2) is 53.0 Å². The molecule has 2 aromatic rings. The van der Waals surface area contributed by atoms with Crippen molar-refractivity contribution in [3.05, 3.63) is 69.2 Å². The van der Waals surface area contributed by atoms with Crippen LogP contribution in [0.5, 0.6) is 0 Å². The van der Waals surface area contributed by atoms with Crippen LogP contribution in [0.3, 0.4) is 0 Å². The second-order valence-electron chi connectivity index (χ2n) is 4.47. The molecule has 0 aliphatic carbocycles. The van der Waals surface area contributed by atoms with E-state index in [9.17, 15) is 4.79 Å². The molecule has 5 heteroatoms. The summed E-state index contributed by atoms with van der Waals surface area (Å²) < 4.78 is 6.11. The molecule has 0 fully saturated rings. The highest BCUT2D eigenvalue weighted by Crippen LogP contribution is 2.21. The molecule has 2 rings (SSSR count). The van der Waals surface area contributed by atoms with Crippen LogP contribution in [-0.2, 0) is 17.8 Å². The summed E-state index contributed by atoms with van der Waals surface area (Å²) >= 11 is 9.40. The second-order valence-corrected chi connectivity index (χ2v) is 5.77. The highest BCUT2D eigenvalue weighted by atomic mass is 79.9. The van der Waals surface area contributed by atoms with E-state index in [1.165, 1.54) is 0 Å². The Morgan fingerprint density at radius 2 is 1.95 bits per heavy atom. The summed E-state index contributed by atoms with van der Waals surface area (Å²) in [6.45, 7) is 0.764. The molecule has 0 atom stereocenters. The first-order valence-electron chi connectivity index (χ1n) is 6.53. The molecule has 0 heterocycles. The summed E-state index contributed by atoms with van der Waals surface area (Å²) in [4.78, 5) is 11.6. The summed E-state index contributed by atoms with van der Waals surface area (Å²) in [7, 11) is 0. The Morgan fingerprint density at radius 1 is 1.19 bits per heavy atom. The molecule has 3 nitrogen and oxygen atoms in total. The molecule has 110 valence electrons. The third-order valence-electron chi connectivity index (χ3n) is 2.88. The van der Waals surface area contributed by atoms with E-state index in [0.29, 0.717) is 18.0 Å². The van der Waals surface area contributed by atoms with Crippen LogP contribution in [0.25, 0.3) is 0 Å². The third-order valence-corrected chi connectivity index (χ3v) is 3.89. The highest BCUT2D eigenvalue weighted by molar-refractivity contribution is 9.10. The number of benzene rings is 2. The summed E-state index contributed by atoms with van der Waals surface area (Å²) in [6, 6.07) is 15.2. The molecule has 1 N–H and O–H groups in total. The maximum absolute atomic E-state index is 11.6. The van der Waals surface area contributed by atoms with Crippen molar-refractivity contribution in [1.82, 2.24) is 5.32 Å². The van der Waals surface area contributed by atoms with Gasteiger partial charge < -0.3 is 10.1 Å². The molecule has 1 amide bonds. The first-order valence-corrected chi connectivity index (χ1v) is 7.71. The Hall–Kier alpha value is -1.52. The molecule has 0 saturated carbocycles. The number of ether oxygens (including phenoxy) is 1. The number of alkyl carbamates (subject to hydrolysis) is 1. The number of nitrogens with one attached hydrogen (secondary N) is 1. The molecule has 0 bridgehead atoms. The van der Waals surface area contributed by atoms with E-state index in [2.05, 4.69) is 21.2 Å². The lowest BCUT2D eigenvalue weighted by molar-refractivity contribution is 0.140. The first-order chi connectivity index (χ1) is 10.1. The van der Waals surface area contributed by atoms with Gasteiger partial charge in [0.15, 0.2) is 0 Å². The highest BCUT2D eigenvalue weighted by Gasteiger charge is 2.04. The molecule has 0 aromatic heterocycles. The van der Waals surface area contributed by atoms with Crippen molar-refractivity contribution < 1.29 is 9.53 Å². The van der Waals surface area contributed by atoms with Gasteiger partial charge in [0.25, 0.3) is 0 Å². The molecule has 0 unspecified atom stereocenters. The van der Waals surface area contributed by atoms with Crippen molar-refractivity contribution >= 4 is 33.6 Å². The van der Waals surface area contributed by atoms with Crippen LogP contribution < -0.4 is 5.32 Å². The zero-order chi connectivity index (χ0) is 15.1. The number of carbonyl (C=O) groups excluding carboxylic acids is 1. The van der Waals surface area contributed by atoms with Gasteiger partial charge in [0.05, 0.1) is 0 Å². The van der Waals surface area contributed by atoms with Gasteiger partial charge in [0, 0.05) is 16.0 Å². The average Bonchev–Trinajstić information content (AvgIpc) is 2.50. The number of carbonyl (C=O) groups is 1. The zero-order valence-corrected chi connectivity index (χ0v) is 13.7. The van der Waals surface area contributed by atoms with Gasteiger partial charge in [-0.1, -0.05) is 57.9 Å². The van der Waals surface area contributed by atoms with Gasteiger partial charge >= 0.3 is 6.09 Å². The van der Waals surface area contributed by atoms with Crippen LogP contribution in [-0.4, -0.2) is 12.6 Å². The van der Waals surface area contributed by atoms with E-state index >= 15 is 0 Å². The SMILES string of the molecule is O=C(NCCc1cc(Cl)ccc1Br)OCc1ccccc1. The minimum absolute atomic E-state index is 0.271. The molecule has 0 spiro atoms. The van der Waals surface area contributed by atoms with Crippen LogP contribution in [0.4, 0.5) is 4.79 Å². The molecule has 0 saturated heterocycles. The molecule has 21 heavy (non-hydrogen) atoms. The van der Waals surface area contributed by atoms with Crippen LogP contribution in [0.1, 0.15) is 11.1 Å². The van der Waals surface area contributed by atoms with Crippen molar-refractivity contribution in [3.8, 4) is 0 Å². The normalized spacial score (nSPS) is 10.2. The fourth-order valence-electron chi connectivity index (χ4n) is 1.81. The summed E-state index contributed by atoms with van der Waals surface area (Å²) in [5.74, 6) is 0. The third kappa shape index (κ3) is 5.40. The maximum atomic E-state index is 11.6. The lowest BCUT2D eigenvalue weighted by Gasteiger charge is -2.08. The summed E-state index contributed by atoms with van der Waals surface area (Å²) in [6.07, 6.45) is 0.263. The predicted molar refractivity (Wildman–Crippen MR) is 87.5 cm³/mol. The van der Waals surface area contributed by atoms with Gasteiger partial charge in [-0.05, 0) is 35.7 Å². The minimum Gasteiger partial charge on any atom is -0.445 e. The monoisotopic (exact) mass is 367 g/mol. The fourth-order valence-corrected chi connectivity index (χ4v) is 2.45. The molecule has 2 aromatic carbocycles. The van der Waals surface area contributed by atoms with Crippen LogP contribution in [0.2, 0.25) is 5.02 Å². The van der Waals surface area contributed by atoms with Gasteiger partial charge in [0.2, 0.25) is 0 Å². The van der Waals surface area contributed by atoms with Crippen molar-refractivity contribution in [2.24, 2.45) is 0 Å². The van der Waals surface area contributed by atoms with E-state index < -0.39 is 6.09 Å². The largest absolute Gasteiger partial charge is 0.445 e. The Bertz CT molecular complexity index is 604. The number of hydrogen-bond donors (Lipinski definition) is 1. The summed E-state index contributed by atoms with van der Waals surface area (Å²) in [5, 5.41) is 3.40. The van der Waals surface area contributed by atoms with Crippen LogP contribution in [0, 0.1) is 0 Å². The Morgan fingerprint density at radius 3 is 2.71 bits per heavy atom. The van der Waals surface area contributed by atoms with Crippen LogP contribution >= 0.6 is 27.5 Å². The molecule has 0 radical (unpaired) electrons. The van der Waals surface area contributed by atoms with Crippen molar-refractivity contribution in [3.63, 3.8) is 0 Å². The molecule has 0 aliphatic rings. The fraction of sp³-hybridized carbons (Fsp3) is 0.188. The number of rotatable bonds is 5. The van der Waals surface area contributed by atoms with E-state index in [4.69, 9.17) is 16.3 Å². The molecular formula is C16H15BrClNO2. The molecule has 0 aliphatic heterocycles. The first kappa shape index (κ1) is 15.9.